The molecule has 1 aromatic heterocycles. The van der Waals surface area contributed by atoms with E-state index in [1.54, 1.807) is 0 Å². The molecule has 3 atom stereocenters. The van der Waals surface area contributed by atoms with Crippen molar-refractivity contribution >= 4 is 0 Å². The maximum absolute atomic E-state index is 12.8. The van der Waals surface area contributed by atoms with Crippen molar-refractivity contribution in [1.29, 1.82) is 0 Å². The number of aliphatic hydroxyl groups is 1. The van der Waals surface area contributed by atoms with E-state index in [1.807, 2.05) is 74.5 Å². The molecule has 0 radical (unpaired) electrons. The minimum absolute atomic E-state index is 0.0827. The van der Waals surface area contributed by atoms with Crippen molar-refractivity contribution in [2.75, 3.05) is 0 Å². The summed E-state index contributed by atoms with van der Waals surface area (Å²) in [7, 11) is 0. The number of aliphatic hydroxyl groups excluding tert-OH is 1. The second-order valence-corrected chi connectivity index (χ2v) is 6.98. The Labute approximate surface area is 165 Å². The molecule has 0 saturated carbocycles. The quantitative estimate of drug-likeness (QED) is 0.599. The summed E-state index contributed by atoms with van der Waals surface area (Å²) < 4.78 is 5.61. The van der Waals surface area contributed by atoms with Crippen molar-refractivity contribution in [1.82, 2.24) is 0 Å². The van der Waals surface area contributed by atoms with Gasteiger partial charge in [0, 0.05) is 17.9 Å². The lowest BCUT2D eigenvalue weighted by molar-refractivity contribution is 0.129. The first kappa shape index (κ1) is 19.9. The average Bonchev–Trinajstić information content (AvgIpc) is 2.72. The normalized spacial score (nSPS) is 14.4. The highest BCUT2D eigenvalue weighted by atomic mass is 16.4. The van der Waals surface area contributed by atoms with E-state index in [9.17, 15) is 15.0 Å². The van der Waals surface area contributed by atoms with Crippen LogP contribution in [0.1, 0.15) is 67.1 Å². The van der Waals surface area contributed by atoms with E-state index in [0.717, 1.165) is 11.1 Å². The molecule has 1 heterocycles. The number of rotatable bonds is 7. The second kappa shape index (κ2) is 8.89. The maximum atomic E-state index is 12.8. The molecule has 2 N–H and O–H groups in total. The van der Waals surface area contributed by atoms with Gasteiger partial charge in [0.15, 0.2) is 0 Å². The molecular weight excluding hydrogens is 352 g/mol. The molecule has 28 heavy (non-hydrogen) atoms. The third-order valence-corrected chi connectivity index (χ3v) is 5.27. The van der Waals surface area contributed by atoms with Gasteiger partial charge in [-0.2, -0.15) is 0 Å². The second-order valence-electron chi connectivity index (χ2n) is 6.98. The highest BCUT2D eigenvalue weighted by Gasteiger charge is 2.27. The Morgan fingerprint density at radius 3 is 1.96 bits per heavy atom. The van der Waals surface area contributed by atoms with Crippen LogP contribution in [0, 0.1) is 0 Å². The number of hydrogen-bond donors (Lipinski definition) is 2. The number of aromatic hydroxyl groups is 1. The van der Waals surface area contributed by atoms with Gasteiger partial charge in [-0.05, 0) is 24.0 Å². The van der Waals surface area contributed by atoms with Crippen LogP contribution >= 0.6 is 0 Å². The highest BCUT2D eigenvalue weighted by molar-refractivity contribution is 5.40. The molecule has 3 rings (SSSR count). The van der Waals surface area contributed by atoms with Crippen LogP contribution in [0.3, 0.4) is 0 Å². The Bertz CT molecular complexity index is 947. The molecule has 3 aromatic rings. The van der Waals surface area contributed by atoms with Crippen molar-refractivity contribution in [2.45, 2.75) is 44.6 Å². The van der Waals surface area contributed by atoms with Crippen LogP contribution in [0.5, 0.6) is 5.75 Å². The fourth-order valence-electron chi connectivity index (χ4n) is 3.77. The lowest BCUT2D eigenvalue weighted by Gasteiger charge is -2.22. The average molecular weight is 378 g/mol. The molecule has 2 aromatic carbocycles. The molecule has 0 fully saturated rings. The monoisotopic (exact) mass is 378 g/mol. The van der Waals surface area contributed by atoms with Crippen molar-refractivity contribution < 1.29 is 14.6 Å². The minimum atomic E-state index is -0.823. The highest BCUT2D eigenvalue weighted by Crippen LogP contribution is 2.37. The molecule has 0 amide bonds. The molecule has 0 aliphatic rings. The molecular formula is C24H26O4. The number of benzene rings is 2. The van der Waals surface area contributed by atoms with Gasteiger partial charge in [0.25, 0.3) is 0 Å². The zero-order valence-corrected chi connectivity index (χ0v) is 16.2. The van der Waals surface area contributed by atoms with E-state index >= 15 is 0 Å². The summed E-state index contributed by atoms with van der Waals surface area (Å²) in [5, 5.41) is 21.5. The van der Waals surface area contributed by atoms with Gasteiger partial charge in [-0.3, -0.25) is 0 Å². The number of hydrogen-bond acceptors (Lipinski definition) is 4. The van der Waals surface area contributed by atoms with Crippen molar-refractivity contribution in [3.05, 3.63) is 99.6 Å². The van der Waals surface area contributed by atoms with Crippen molar-refractivity contribution in [2.24, 2.45) is 0 Å². The van der Waals surface area contributed by atoms with E-state index in [0.29, 0.717) is 18.6 Å². The van der Waals surface area contributed by atoms with Gasteiger partial charge < -0.3 is 14.6 Å². The lowest BCUT2D eigenvalue weighted by atomic mass is 9.87. The van der Waals surface area contributed by atoms with Crippen LogP contribution in [-0.4, -0.2) is 10.2 Å². The molecule has 0 bridgehead atoms. The van der Waals surface area contributed by atoms with Gasteiger partial charge in [0.2, 0.25) is 0 Å². The summed E-state index contributed by atoms with van der Waals surface area (Å²) in [5.74, 6) is -0.453. The molecule has 0 aliphatic heterocycles. The Hall–Kier alpha value is -2.85. The maximum Gasteiger partial charge on any atom is 0.343 e. The third kappa shape index (κ3) is 4.02. The van der Waals surface area contributed by atoms with Crippen LogP contribution in [0.15, 0.2) is 75.9 Å². The Balaban J connectivity index is 2.00. The Morgan fingerprint density at radius 2 is 1.46 bits per heavy atom. The SMILES string of the molecule is CC[C@H](c1ccccc1)c1c(O)cc([C@@H](CC)[C@H](O)c2ccccc2)oc1=O. The van der Waals surface area contributed by atoms with Crippen LogP contribution in [0.25, 0.3) is 0 Å². The molecule has 0 aliphatic carbocycles. The Kier molecular flexibility index (Phi) is 6.32. The molecule has 146 valence electrons. The fraction of sp³-hybridized carbons (Fsp3) is 0.292. The van der Waals surface area contributed by atoms with Crippen LogP contribution < -0.4 is 5.63 Å². The van der Waals surface area contributed by atoms with Gasteiger partial charge in [-0.1, -0.05) is 74.5 Å². The fourth-order valence-corrected chi connectivity index (χ4v) is 3.77. The molecule has 4 heteroatoms. The topological polar surface area (TPSA) is 70.7 Å². The smallest absolute Gasteiger partial charge is 0.343 e. The van der Waals surface area contributed by atoms with E-state index in [1.165, 1.54) is 6.07 Å². The first-order chi connectivity index (χ1) is 13.6. The van der Waals surface area contributed by atoms with Gasteiger partial charge in [-0.25, -0.2) is 4.79 Å². The predicted molar refractivity (Wildman–Crippen MR) is 110 cm³/mol. The summed E-state index contributed by atoms with van der Waals surface area (Å²) in [5.41, 5.74) is 1.42. The van der Waals surface area contributed by atoms with E-state index in [4.69, 9.17) is 4.42 Å². The van der Waals surface area contributed by atoms with Gasteiger partial charge in [0.1, 0.15) is 11.5 Å². The van der Waals surface area contributed by atoms with E-state index in [2.05, 4.69) is 0 Å². The summed E-state index contributed by atoms with van der Waals surface area (Å²) in [6, 6.07) is 20.4. The van der Waals surface area contributed by atoms with Gasteiger partial charge in [-0.15, -0.1) is 0 Å². The molecule has 0 unspecified atom stereocenters. The summed E-state index contributed by atoms with van der Waals surface area (Å²) in [6.07, 6.45) is 0.398. The Morgan fingerprint density at radius 1 is 0.893 bits per heavy atom. The largest absolute Gasteiger partial charge is 0.507 e. The van der Waals surface area contributed by atoms with Crippen LogP contribution in [0.4, 0.5) is 0 Å². The van der Waals surface area contributed by atoms with Gasteiger partial charge in [0.05, 0.1) is 11.7 Å². The summed E-state index contributed by atoms with van der Waals surface area (Å²) in [4.78, 5) is 12.8. The van der Waals surface area contributed by atoms with E-state index in [-0.39, 0.29) is 17.2 Å². The van der Waals surface area contributed by atoms with E-state index < -0.39 is 17.6 Å². The lowest BCUT2D eigenvalue weighted by Crippen LogP contribution is -2.17. The molecule has 4 nitrogen and oxygen atoms in total. The standard InChI is InChI=1S/C24H26O4/c1-3-18(16-11-7-5-8-12-16)22-20(25)15-21(28-24(22)27)19(4-2)23(26)17-13-9-6-10-14-17/h5-15,18-19,23,25-26H,3-4H2,1-2H3/t18-,19-,23-/m1/s1. The predicted octanol–water partition coefficient (Wildman–Crippen LogP) is 5.11. The molecule has 0 spiro atoms. The van der Waals surface area contributed by atoms with Crippen molar-refractivity contribution in [3.8, 4) is 5.75 Å². The first-order valence-corrected chi connectivity index (χ1v) is 9.71. The summed E-state index contributed by atoms with van der Waals surface area (Å²) in [6.45, 7) is 3.89. The zero-order valence-electron chi connectivity index (χ0n) is 16.2. The molecule has 0 saturated heterocycles. The van der Waals surface area contributed by atoms with Crippen molar-refractivity contribution in [3.63, 3.8) is 0 Å². The van der Waals surface area contributed by atoms with Crippen LogP contribution in [0.2, 0.25) is 0 Å². The zero-order chi connectivity index (χ0) is 20.1. The summed E-state index contributed by atoms with van der Waals surface area (Å²) >= 11 is 0. The third-order valence-electron chi connectivity index (χ3n) is 5.27. The minimum Gasteiger partial charge on any atom is -0.507 e. The van der Waals surface area contributed by atoms with Crippen LogP contribution in [-0.2, 0) is 0 Å². The first-order valence-electron chi connectivity index (χ1n) is 9.71. The van der Waals surface area contributed by atoms with Gasteiger partial charge >= 0.3 is 5.63 Å².